The van der Waals surface area contributed by atoms with Gasteiger partial charge in [-0.15, -0.1) is 0 Å². The monoisotopic (exact) mass is 523 g/mol. The lowest BCUT2D eigenvalue weighted by molar-refractivity contribution is -0.139. The van der Waals surface area contributed by atoms with Crippen molar-refractivity contribution in [3.05, 3.63) is 89.6 Å². The minimum Gasteiger partial charge on any atom is -0.493 e. The van der Waals surface area contributed by atoms with E-state index in [1.54, 1.807) is 62.4 Å². The lowest BCUT2D eigenvalue weighted by Crippen LogP contribution is -2.40. The van der Waals surface area contributed by atoms with Crippen LogP contribution in [0, 0.1) is 11.3 Å². The van der Waals surface area contributed by atoms with Crippen LogP contribution in [0.25, 0.3) is 6.08 Å². The van der Waals surface area contributed by atoms with Gasteiger partial charge in [-0.3, -0.25) is 9.36 Å². The Balaban J connectivity index is 1.97. The maximum atomic E-state index is 13.8. The summed E-state index contributed by atoms with van der Waals surface area (Å²) < 4.78 is 18.1. The van der Waals surface area contributed by atoms with E-state index in [1.807, 2.05) is 6.07 Å². The number of esters is 1. The van der Waals surface area contributed by atoms with Crippen LogP contribution in [0.1, 0.15) is 31.0 Å². The summed E-state index contributed by atoms with van der Waals surface area (Å²) in [5.74, 6) is 0.220. The molecule has 184 valence electrons. The summed E-state index contributed by atoms with van der Waals surface area (Å²) >= 11 is 7.70. The molecule has 0 saturated heterocycles. The molecule has 36 heavy (non-hydrogen) atoms. The largest absolute Gasteiger partial charge is 0.493 e. The molecule has 1 aliphatic heterocycles. The van der Waals surface area contributed by atoms with E-state index in [0.29, 0.717) is 42.7 Å². The van der Waals surface area contributed by atoms with Gasteiger partial charge >= 0.3 is 5.97 Å². The van der Waals surface area contributed by atoms with E-state index in [2.05, 4.69) is 4.99 Å². The van der Waals surface area contributed by atoms with Crippen LogP contribution >= 0.6 is 22.9 Å². The Morgan fingerprint density at radius 3 is 2.75 bits per heavy atom. The smallest absolute Gasteiger partial charge is 0.338 e. The number of fused-ring (bicyclic) bond motifs is 1. The Hall–Kier alpha value is -3.87. The van der Waals surface area contributed by atoms with E-state index in [4.69, 9.17) is 31.1 Å². The molecule has 4 rings (SSSR count). The Labute approximate surface area is 215 Å². The first-order chi connectivity index (χ1) is 17.4. The predicted molar refractivity (Wildman–Crippen MR) is 136 cm³/mol. The average Bonchev–Trinajstić information content (AvgIpc) is 3.17. The molecule has 1 aliphatic rings. The number of nitriles is 1. The molecule has 10 heteroatoms. The SMILES string of the molecule is CCOC(=O)C1=C(C)N=c2s/c(=C\c3cccc(OC)c3OCC#N)c(=O)n2[C@@H]1c1ccccc1Cl. The van der Waals surface area contributed by atoms with E-state index >= 15 is 0 Å². The van der Waals surface area contributed by atoms with Crippen molar-refractivity contribution in [3.8, 4) is 17.6 Å². The molecule has 0 bridgehead atoms. The highest BCUT2D eigenvalue weighted by atomic mass is 35.5. The highest BCUT2D eigenvalue weighted by Gasteiger charge is 2.34. The number of benzene rings is 2. The molecular formula is C26H22ClN3O5S. The highest BCUT2D eigenvalue weighted by Crippen LogP contribution is 2.35. The number of allylic oxidation sites excluding steroid dienone is 1. The van der Waals surface area contributed by atoms with Gasteiger partial charge in [0.2, 0.25) is 0 Å². The quantitative estimate of drug-likeness (QED) is 0.440. The van der Waals surface area contributed by atoms with E-state index in [9.17, 15) is 9.59 Å². The van der Waals surface area contributed by atoms with E-state index < -0.39 is 12.0 Å². The second-order valence-electron chi connectivity index (χ2n) is 7.65. The molecule has 0 amide bonds. The Bertz CT molecular complexity index is 1580. The molecule has 0 fully saturated rings. The van der Waals surface area contributed by atoms with Gasteiger partial charge in [0.15, 0.2) is 22.9 Å². The fourth-order valence-electron chi connectivity index (χ4n) is 3.99. The summed E-state index contributed by atoms with van der Waals surface area (Å²) in [4.78, 5) is 31.7. The van der Waals surface area contributed by atoms with Gasteiger partial charge in [-0.05, 0) is 37.6 Å². The Morgan fingerprint density at radius 1 is 1.28 bits per heavy atom. The number of halogens is 1. The number of para-hydroxylation sites is 1. The molecule has 1 aromatic heterocycles. The normalized spacial score (nSPS) is 15.1. The number of methoxy groups -OCH3 is 1. The lowest BCUT2D eigenvalue weighted by Gasteiger charge is -2.25. The van der Waals surface area contributed by atoms with Gasteiger partial charge in [0.25, 0.3) is 5.56 Å². The van der Waals surface area contributed by atoms with Gasteiger partial charge in [-0.1, -0.05) is 53.3 Å². The first kappa shape index (κ1) is 25.2. The summed E-state index contributed by atoms with van der Waals surface area (Å²) in [6, 6.07) is 13.4. The first-order valence-electron chi connectivity index (χ1n) is 11.0. The number of carbonyl (C=O) groups excluding carboxylic acids is 1. The standard InChI is InChI=1S/C26H22ClN3O5S/c1-4-34-25(32)21-15(2)29-26-30(22(21)17-9-5-6-10-18(17)27)24(31)20(36-26)14-16-8-7-11-19(33-3)23(16)35-13-12-28/h5-11,14,22H,4,13H2,1-3H3/b20-14-/t22-/m1/s1. The fraction of sp³-hybridized carbons (Fsp3) is 0.231. The molecule has 0 unspecified atom stereocenters. The second kappa shape index (κ2) is 10.8. The van der Waals surface area contributed by atoms with Gasteiger partial charge in [0.1, 0.15) is 12.1 Å². The van der Waals surface area contributed by atoms with Crippen LogP contribution in [0.3, 0.4) is 0 Å². The molecular weight excluding hydrogens is 502 g/mol. The molecule has 0 aliphatic carbocycles. The molecule has 0 radical (unpaired) electrons. The summed E-state index contributed by atoms with van der Waals surface area (Å²) in [6.45, 7) is 3.42. The zero-order valence-electron chi connectivity index (χ0n) is 19.8. The molecule has 3 aromatic rings. The van der Waals surface area contributed by atoms with Crippen LogP contribution in [0.5, 0.6) is 11.5 Å². The van der Waals surface area contributed by atoms with Gasteiger partial charge < -0.3 is 14.2 Å². The van der Waals surface area contributed by atoms with Gasteiger partial charge in [0.05, 0.1) is 29.5 Å². The van der Waals surface area contributed by atoms with Gasteiger partial charge in [0, 0.05) is 10.6 Å². The number of ether oxygens (including phenoxy) is 3. The number of carbonyl (C=O) groups is 1. The molecule has 2 heterocycles. The zero-order chi connectivity index (χ0) is 25.8. The van der Waals surface area contributed by atoms with Crippen LogP contribution in [-0.4, -0.2) is 30.9 Å². The zero-order valence-corrected chi connectivity index (χ0v) is 21.4. The number of rotatable bonds is 7. The van der Waals surface area contributed by atoms with Crippen molar-refractivity contribution in [3.63, 3.8) is 0 Å². The van der Waals surface area contributed by atoms with Crippen molar-refractivity contribution < 1.29 is 19.0 Å². The first-order valence-corrected chi connectivity index (χ1v) is 12.2. The summed E-state index contributed by atoms with van der Waals surface area (Å²) in [6.07, 6.45) is 1.66. The van der Waals surface area contributed by atoms with Crippen LogP contribution in [0.2, 0.25) is 5.02 Å². The van der Waals surface area contributed by atoms with Crippen LogP contribution in [0.15, 0.2) is 63.5 Å². The van der Waals surface area contributed by atoms with Crippen LogP contribution in [0.4, 0.5) is 0 Å². The van der Waals surface area contributed by atoms with Crippen molar-refractivity contribution in [1.29, 1.82) is 5.26 Å². The van der Waals surface area contributed by atoms with Crippen LogP contribution < -0.4 is 24.4 Å². The minimum absolute atomic E-state index is 0.177. The molecule has 0 spiro atoms. The third-order valence-corrected chi connectivity index (χ3v) is 6.84. The van der Waals surface area contributed by atoms with E-state index in [0.717, 1.165) is 0 Å². The van der Waals surface area contributed by atoms with Gasteiger partial charge in [-0.25, -0.2) is 9.79 Å². The van der Waals surface area contributed by atoms with Gasteiger partial charge in [-0.2, -0.15) is 5.26 Å². The van der Waals surface area contributed by atoms with Crippen molar-refractivity contribution in [2.75, 3.05) is 20.3 Å². The number of aromatic nitrogens is 1. The maximum Gasteiger partial charge on any atom is 0.338 e. The second-order valence-corrected chi connectivity index (χ2v) is 9.07. The molecule has 0 N–H and O–H groups in total. The van der Waals surface area contributed by atoms with E-state index in [-0.39, 0.29) is 24.3 Å². The molecule has 1 atom stereocenters. The summed E-state index contributed by atoms with van der Waals surface area (Å²) in [5.41, 5.74) is 1.50. The van der Waals surface area contributed by atoms with E-state index in [1.165, 1.54) is 23.0 Å². The fourth-order valence-corrected chi connectivity index (χ4v) is 5.27. The Morgan fingerprint density at radius 2 is 2.06 bits per heavy atom. The van der Waals surface area contributed by atoms with Crippen molar-refractivity contribution in [2.45, 2.75) is 19.9 Å². The molecule has 8 nitrogen and oxygen atoms in total. The number of thiazole rings is 1. The van der Waals surface area contributed by atoms with Crippen molar-refractivity contribution in [1.82, 2.24) is 4.57 Å². The number of hydrogen-bond acceptors (Lipinski definition) is 8. The molecule has 0 saturated carbocycles. The lowest BCUT2D eigenvalue weighted by atomic mass is 9.96. The molecule has 2 aromatic carbocycles. The van der Waals surface area contributed by atoms with Crippen molar-refractivity contribution in [2.24, 2.45) is 4.99 Å². The maximum absolute atomic E-state index is 13.8. The summed E-state index contributed by atoms with van der Waals surface area (Å²) in [5, 5.41) is 9.39. The van der Waals surface area contributed by atoms with Crippen LogP contribution in [-0.2, 0) is 9.53 Å². The third kappa shape index (κ3) is 4.65. The average molecular weight is 524 g/mol. The topological polar surface area (TPSA) is 103 Å². The number of hydrogen-bond donors (Lipinski definition) is 0. The van der Waals surface area contributed by atoms with Crippen molar-refractivity contribution >= 4 is 35.0 Å². The highest BCUT2D eigenvalue weighted by molar-refractivity contribution is 7.07. The number of nitrogens with zero attached hydrogens (tertiary/aromatic N) is 3. The third-order valence-electron chi connectivity index (χ3n) is 5.51. The minimum atomic E-state index is -0.809. The summed E-state index contributed by atoms with van der Waals surface area (Å²) in [7, 11) is 1.50. The predicted octanol–water partition coefficient (Wildman–Crippen LogP) is 3.36. The Kier molecular flexibility index (Phi) is 7.58.